The number of methoxy groups -OCH3 is 1. The van der Waals surface area contributed by atoms with Crippen molar-refractivity contribution in [2.24, 2.45) is 5.73 Å². The Morgan fingerprint density at radius 1 is 1.57 bits per heavy atom. The summed E-state index contributed by atoms with van der Waals surface area (Å²) in [4.78, 5) is 10.6. The van der Waals surface area contributed by atoms with Gasteiger partial charge >= 0.3 is 16.3 Å². The number of hydrogen-bond acceptors (Lipinski definition) is 5. The van der Waals surface area contributed by atoms with Crippen LogP contribution in [-0.2, 0) is 14.9 Å². The van der Waals surface area contributed by atoms with E-state index in [-0.39, 0.29) is 12.6 Å². The molecule has 1 atom stereocenters. The number of rotatable bonds is 5. The first-order valence-electron chi connectivity index (χ1n) is 4.02. The average molecular weight is 225 g/mol. The topological polar surface area (TPSA) is 111 Å². The molecule has 0 saturated heterocycles. The molecule has 14 heavy (non-hydrogen) atoms. The zero-order chi connectivity index (χ0) is 11.2. The van der Waals surface area contributed by atoms with Gasteiger partial charge in [-0.25, -0.2) is 9.52 Å². The van der Waals surface area contributed by atoms with Gasteiger partial charge in [-0.05, 0) is 6.42 Å². The van der Waals surface area contributed by atoms with Gasteiger partial charge in [0.1, 0.15) is 0 Å². The van der Waals surface area contributed by atoms with E-state index in [1.165, 1.54) is 0 Å². The van der Waals surface area contributed by atoms with E-state index in [0.717, 1.165) is 7.11 Å². The maximum absolute atomic E-state index is 11.0. The highest BCUT2D eigenvalue weighted by Gasteiger charge is 2.14. The van der Waals surface area contributed by atoms with Crippen molar-refractivity contribution >= 4 is 16.3 Å². The molecule has 0 aromatic rings. The van der Waals surface area contributed by atoms with Gasteiger partial charge in [0.25, 0.3) is 0 Å². The quantitative estimate of drug-likeness (QED) is 0.551. The molecule has 1 amide bonds. The van der Waals surface area contributed by atoms with Crippen molar-refractivity contribution in [3.63, 3.8) is 0 Å². The zero-order valence-corrected chi connectivity index (χ0v) is 8.93. The Kier molecular flexibility index (Phi) is 5.43. The van der Waals surface area contributed by atoms with E-state index in [4.69, 9.17) is 5.73 Å². The predicted molar refractivity (Wildman–Crippen MR) is 50.7 cm³/mol. The molecule has 0 aromatic heterocycles. The number of ether oxygens (including phenoxy) is 1. The highest BCUT2D eigenvalue weighted by atomic mass is 32.2. The lowest BCUT2D eigenvalue weighted by atomic mass is 10.2. The second-order valence-electron chi connectivity index (χ2n) is 2.61. The number of carbonyl (C=O) groups excluding carboxylic acids is 1. The van der Waals surface area contributed by atoms with Gasteiger partial charge in [-0.2, -0.15) is 13.1 Å². The summed E-state index contributed by atoms with van der Waals surface area (Å²) in [5.41, 5.74) is 5.47. The summed E-state index contributed by atoms with van der Waals surface area (Å²) < 4.78 is 29.9. The van der Waals surface area contributed by atoms with Gasteiger partial charge in [-0.3, -0.25) is 0 Å². The van der Waals surface area contributed by atoms with Crippen LogP contribution in [0, 0.1) is 0 Å². The summed E-state index contributed by atoms with van der Waals surface area (Å²) in [7, 11) is -2.78. The van der Waals surface area contributed by atoms with E-state index < -0.39 is 16.3 Å². The minimum Gasteiger partial charge on any atom is -0.452 e. The third-order valence-electron chi connectivity index (χ3n) is 1.46. The van der Waals surface area contributed by atoms with Crippen LogP contribution >= 0.6 is 0 Å². The molecule has 0 fully saturated rings. The van der Waals surface area contributed by atoms with Gasteiger partial charge in [-0.15, -0.1) is 0 Å². The first-order valence-corrected chi connectivity index (χ1v) is 5.50. The zero-order valence-electron chi connectivity index (χ0n) is 8.11. The number of carbonyl (C=O) groups is 1. The lowest BCUT2D eigenvalue weighted by Crippen LogP contribution is -2.44. The molecule has 0 aromatic carbocycles. The normalized spacial score (nSPS) is 13.4. The number of nitrogens with two attached hydrogens (primary N) is 1. The largest absolute Gasteiger partial charge is 0.452 e. The van der Waals surface area contributed by atoms with Crippen LogP contribution in [0.25, 0.3) is 0 Å². The molecule has 0 radical (unpaired) electrons. The molecule has 1 unspecified atom stereocenters. The Labute approximate surface area is 83.2 Å². The standard InChI is InChI=1S/C6H15N3O4S/c1-3-5(7)4-8-14(11,12)9-6(10)13-2/h5,8H,3-4,7H2,1-2H3,(H,9,10). The van der Waals surface area contributed by atoms with Crippen molar-refractivity contribution in [2.75, 3.05) is 13.7 Å². The average Bonchev–Trinajstić information content (AvgIpc) is 2.13. The van der Waals surface area contributed by atoms with Crippen molar-refractivity contribution in [3.05, 3.63) is 0 Å². The Bertz CT molecular complexity index is 277. The number of hydrogen-bond donors (Lipinski definition) is 3. The van der Waals surface area contributed by atoms with E-state index in [9.17, 15) is 13.2 Å². The summed E-state index contributed by atoms with van der Waals surface area (Å²) in [5.74, 6) is 0. The van der Waals surface area contributed by atoms with E-state index in [1.807, 2.05) is 6.92 Å². The van der Waals surface area contributed by atoms with E-state index in [2.05, 4.69) is 9.46 Å². The Morgan fingerprint density at radius 2 is 2.14 bits per heavy atom. The van der Waals surface area contributed by atoms with Gasteiger partial charge in [0, 0.05) is 12.6 Å². The monoisotopic (exact) mass is 225 g/mol. The Hall–Kier alpha value is -0.860. The smallest absolute Gasteiger partial charge is 0.421 e. The van der Waals surface area contributed by atoms with E-state index >= 15 is 0 Å². The summed E-state index contributed by atoms with van der Waals surface area (Å²) in [6, 6.07) is -0.274. The first-order chi connectivity index (χ1) is 6.41. The van der Waals surface area contributed by atoms with Gasteiger partial charge in [0.2, 0.25) is 0 Å². The van der Waals surface area contributed by atoms with Gasteiger partial charge in [0.15, 0.2) is 0 Å². The van der Waals surface area contributed by atoms with Crippen LogP contribution in [0.3, 0.4) is 0 Å². The molecule has 7 nitrogen and oxygen atoms in total. The molecule has 0 heterocycles. The fraction of sp³-hybridized carbons (Fsp3) is 0.833. The lowest BCUT2D eigenvalue weighted by Gasteiger charge is -2.10. The first kappa shape index (κ1) is 13.1. The van der Waals surface area contributed by atoms with Crippen LogP contribution in [0.2, 0.25) is 0 Å². The molecule has 0 rings (SSSR count). The van der Waals surface area contributed by atoms with Crippen molar-refractivity contribution in [3.8, 4) is 0 Å². The number of amides is 1. The second-order valence-corrected chi connectivity index (χ2v) is 4.11. The van der Waals surface area contributed by atoms with Crippen molar-refractivity contribution in [1.82, 2.24) is 9.44 Å². The fourth-order valence-electron chi connectivity index (χ4n) is 0.549. The predicted octanol–water partition coefficient (Wildman–Crippen LogP) is -1.09. The highest BCUT2D eigenvalue weighted by molar-refractivity contribution is 7.88. The molecule has 0 aliphatic carbocycles. The Morgan fingerprint density at radius 3 is 2.57 bits per heavy atom. The molecule has 4 N–H and O–H groups in total. The van der Waals surface area contributed by atoms with E-state index in [1.54, 1.807) is 4.72 Å². The molecule has 0 spiro atoms. The fourth-order valence-corrected chi connectivity index (χ4v) is 1.36. The third kappa shape index (κ3) is 5.73. The molecule has 0 bridgehead atoms. The summed E-state index contributed by atoms with van der Waals surface area (Å²) >= 11 is 0. The maximum Gasteiger partial charge on any atom is 0.421 e. The molecule has 0 saturated carbocycles. The van der Waals surface area contributed by atoms with Gasteiger partial charge < -0.3 is 10.5 Å². The summed E-state index contributed by atoms with van der Waals surface area (Å²) in [5, 5.41) is 0. The Balaban J connectivity index is 4.03. The van der Waals surface area contributed by atoms with Crippen LogP contribution in [-0.4, -0.2) is 34.2 Å². The second kappa shape index (κ2) is 5.78. The van der Waals surface area contributed by atoms with E-state index in [0.29, 0.717) is 6.42 Å². The molecule has 8 heteroatoms. The summed E-state index contributed by atoms with van der Waals surface area (Å²) in [6.45, 7) is 1.90. The van der Waals surface area contributed by atoms with Crippen LogP contribution in [0.1, 0.15) is 13.3 Å². The summed E-state index contributed by atoms with van der Waals surface area (Å²) in [6.07, 6.45) is -0.400. The van der Waals surface area contributed by atoms with Crippen molar-refractivity contribution in [1.29, 1.82) is 0 Å². The molecular formula is C6H15N3O4S. The molecule has 84 valence electrons. The molecule has 0 aliphatic rings. The van der Waals surface area contributed by atoms with Crippen molar-refractivity contribution in [2.45, 2.75) is 19.4 Å². The highest BCUT2D eigenvalue weighted by Crippen LogP contribution is 1.85. The van der Waals surface area contributed by atoms with Gasteiger partial charge in [0.05, 0.1) is 7.11 Å². The molecular weight excluding hydrogens is 210 g/mol. The maximum atomic E-state index is 11.0. The minimum atomic E-state index is -3.85. The van der Waals surface area contributed by atoms with Crippen LogP contribution in [0.4, 0.5) is 4.79 Å². The van der Waals surface area contributed by atoms with Gasteiger partial charge in [-0.1, -0.05) is 6.92 Å². The molecule has 0 aliphatic heterocycles. The third-order valence-corrected chi connectivity index (χ3v) is 2.45. The number of nitrogens with one attached hydrogen (secondary N) is 2. The van der Waals surface area contributed by atoms with Crippen LogP contribution in [0.15, 0.2) is 0 Å². The minimum absolute atomic E-state index is 0.0722. The SMILES string of the molecule is CCC(N)CNS(=O)(=O)NC(=O)OC. The van der Waals surface area contributed by atoms with Crippen LogP contribution in [0.5, 0.6) is 0 Å². The van der Waals surface area contributed by atoms with Crippen LogP contribution < -0.4 is 15.2 Å². The van der Waals surface area contributed by atoms with Crippen molar-refractivity contribution < 1.29 is 17.9 Å². The lowest BCUT2D eigenvalue weighted by molar-refractivity contribution is 0.177.